The highest BCUT2D eigenvalue weighted by atomic mass is 16.4. The molecular weight excluding hydrogens is 313 g/mol. The second-order valence-electron chi connectivity index (χ2n) is 5.83. The van der Waals surface area contributed by atoms with Gasteiger partial charge in [-0.05, 0) is 30.9 Å². The van der Waals surface area contributed by atoms with Crippen LogP contribution in [0.1, 0.15) is 52.5 Å². The maximum Gasteiger partial charge on any atom is 0.336 e. The quantitative estimate of drug-likeness (QED) is 0.670. The van der Waals surface area contributed by atoms with Gasteiger partial charge < -0.3 is 20.2 Å². The van der Waals surface area contributed by atoms with Crippen molar-refractivity contribution in [2.75, 3.05) is 0 Å². The van der Waals surface area contributed by atoms with Gasteiger partial charge in [0.1, 0.15) is 0 Å². The minimum absolute atomic E-state index is 0.101. The smallest absolute Gasteiger partial charge is 0.336 e. The van der Waals surface area contributed by atoms with Crippen LogP contribution in [0.15, 0.2) is 18.2 Å². The molecule has 0 saturated carbocycles. The lowest BCUT2D eigenvalue weighted by Gasteiger charge is -2.28. The Morgan fingerprint density at radius 1 is 1.25 bits per heavy atom. The molecule has 2 unspecified atom stereocenters. The van der Waals surface area contributed by atoms with E-state index in [4.69, 9.17) is 9.76 Å². The summed E-state index contributed by atoms with van der Waals surface area (Å²) in [6.45, 7) is 2.05. The molecule has 1 amide bonds. The third kappa shape index (κ3) is 4.35. The van der Waals surface area contributed by atoms with Crippen molar-refractivity contribution in [1.82, 2.24) is 5.32 Å². The predicted octanol–water partition coefficient (Wildman–Crippen LogP) is 1.01. The second kappa shape index (κ2) is 7.96. The van der Waals surface area contributed by atoms with Crippen LogP contribution in [0.25, 0.3) is 0 Å². The van der Waals surface area contributed by atoms with Crippen molar-refractivity contribution in [2.45, 2.75) is 44.7 Å². The predicted molar refractivity (Wildman–Crippen MR) is 87.5 cm³/mol. The molecule has 1 aliphatic rings. The molecule has 8 heteroatoms. The Bertz CT molecular complexity index is 639. The van der Waals surface area contributed by atoms with Crippen LogP contribution in [-0.4, -0.2) is 47.6 Å². The molecule has 7 nitrogen and oxygen atoms in total. The van der Waals surface area contributed by atoms with Gasteiger partial charge in [-0.3, -0.25) is 4.79 Å². The monoisotopic (exact) mass is 333 g/mol. The Hall–Kier alpha value is -2.35. The Kier molecular flexibility index (Phi) is 5.97. The van der Waals surface area contributed by atoms with Crippen molar-refractivity contribution in [3.8, 4) is 0 Å². The Balaban J connectivity index is 2.05. The summed E-state index contributed by atoms with van der Waals surface area (Å²) in [7, 11) is 0.436. The summed E-state index contributed by atoms with van der Waals surface area (Å²) >= 11 is 0. The van der Waals surface area contributed by atoms with Gasteiger partial charge in [-0.15, -0.1) is 0 Å². The summed E-state index contributed by atoms with van der Waals surface area (Å²) < 4.78 is 5.62. The summed E-state index contributed by atoms with van der Waals surface area (Å²) in [5.74, 6) is -3.14. The molecule has 1 aromatic rings. The molecule has 0 radical (unpaired) electrons. The van der Waals surface area contributed by atoms with Gasteiger partial charge in [0.15, 0.2) is 0 Å². The van der Waals surface area contributed by atoms with E-state index >= 15 is 0 Å². The molecule has 0 aromatic heterocycles. The van der Waals surface area contributed by atoms with Crippen molar-refractivity contribution < 1.29 is 29.3 Å². The maximum absolute atomic E-state index is 12.2. The lowest BCUT2D eigenvalue weighted by molar-refractivity contribution is -0.120. The second-order valence-corrected chi connectivity index (χ2v) is 5.83. The van der Waals surface area contributed by atoms with E-state index in [0.29, 0.717) is 7.48 Å². The number of benzene rings is 1. The van der Waals surface area contributed by atoms with Gasteiger partial charge in [0.05, 0.1) is 17.5 Å². The van der Waals surface area contributed by atoms with Crippen LogP contribution < -0.4 is 5.32 Å². The first kappa shape index (κ1) is 18.0. The van der Waals surface area contributed by atoms with Crippen LogP contribution in [0.2, 0.25) is 0 Å². The third-order valence-electron chi connectivity index (χ3n) is 4.14. The minimum atomic E-state index is -1.36. The van der Waals surface area contributed by atoms with E-state index in [9.17, 15) is 19.5 Å². The van der Waals surface area contributed by atoms with Crippen molar-refractivity contribution in [1.29, 1.82) is 0 Å². The van der Waals surface area contributed by atoms with Crippen molar-refractivity contribution in [2.24, 2.45) is 0 Å². The summed E-state index contributed by atoms with van der Waals surface area (Å²) in [6.07, 6.45) is 2.66. The fourth-order valence-corrected chi connectivity index (χ4v) is 2.87. The SMILES string of the molecule is CCC1CCC(NC(=O)Cc2cccc(C(=O)O)c2C(=O)O)BO1. The topological polar surface area (TPSA) is 113 Å². The lowest BCUT2D eigenvalue weighted by Crippen LogP contribution is -2.45. The summed E-state index contributed by atoms with van der Waals surface area (Å²) in [4.78, 5) is 34.7. The lowest BCUT2D eigenvalue weighted by atomic mass is 9.79. The van der Waals surface area contributed by atoms with Gasteiger partial charge in [0, 0.05) is 12.0 Å². The van der Waals surface area contributed by atoms with Crippen LogP contribution in [-0.2, 0) is 15.9 Å². The fourth-order valence-electron chi connectivity index (χ4n) is 2.87. The van der Waals surface area contributed by atoms with E-state index in [-0.39, 0.29) is 41.1 Å². The van der Waals surface area contributed by atoms with E-state index in [1.165, 1.54) is 18.2 Å². The number of carboxylic acids is 2. The van der Waals surface area contributed by atoms with E-state index in [1.54, 1.807) is 0 Å². The first-order chi connectivity index (χ1) is 11.4. The molecule has 1 aliphatic heterocycles. The largest absolute Gasteiger partial charge is 0.478 e. The average molecular weight is 333 g/mol. The Labute approximate surface area is 140 Å². The number of nitrogens with one attached hydrogen (secondary N) is 1. The molecule has 128 valence electrons. The molecule has 1 heterocycles. The van der Waals surface area contributed by atoms with Gasteiger partial charge in [-0.1, -0.05) is 19.1 Å². The van der Waals surface area contributed by atoms with Gasteiger partial charge in [-0.2, -0.15) is 0 Å². The van der Waals surface area contributed by atoms with E-state index in [0.717, 1.165) is 19.3 Å². The van der Waals surface area contributed by atoms with Crippen LogP contribution >= 0.6 is 0 Å². The fraction of sp³-hybridized carbons (Fsp3) is 0.438. The molecule has 0 aliphatic carbocycles. The molecule has 2 atom stereocenters. The highest BCUT2D eigenvalue weighted by Gasteiger charge is 2.25. The van der Waals surface area contributed by atoms with Crippen LogP contribution in [0.4, 0.5) is 0 Å². The van der Waals surface area contributed by atoms with E-state index < -0.39 is 11.9 Å². The standard InChI is InChI=1S/C16H20BNO6/c1-2-10-6-7-12(17-24-10)18-13(19)8-9-4-3-5-11(15(20)21)14(9)16(22)23/h3-5,10,12,17H,2,6-8H2,1H3,(H,18,19)(H,20,21)(H,22,23). The number of carboxylic acid groups (broad SMARTS) is 2. The zero-order valence-electron chi connectivity index (χ0n) is 13.4. The van der Waals surface area contributed by atoms with Crippen LogP contribution in [0, 0.1) is 0 Å². The number of hydrogen-bond acceptors (Lipinski definition) is 4. The molecule has 3 N–H and O–H groups in total. The van der Waals surface area contributed by atoms with Crippen molar-refractivity contribution >= 4 is 25.3 Å². The summed E-state index contributed by atoms with van der Waals surface area (Å²) in [5, 5.41) is 21.2. The Morgan fingerprint density at radius 2 is 2.00 bits per heavy atom. The zero-order valence-corrected chi connectivity index (χ0v) is 13.4. The molecule has 1 fully saturated rings. The average Bonchev–Trinajstić information content (AvgIpc) is 2.54. The normalized spacial score (nSPS) is 20.0. The van der Waals surface area contributed by atoms with E-state index in [1.807, 2.05) is 6.92 Å². The Morgan fingerprint density at radius 3 is 2.54 bits per heavy atom. The van der Waals surface area contributed by atoms with Gasteiger partial charge >= 0.3 is 11.9 Å². The molecule has 1 aromatic carbocycles. The zero-order chi connectivity index (χ0) is 17.7. The summed E-state index contributed by atoms with van der Waals surface area (Å²) in [5.41, 5.74) is -0.478. The first-order valence-electron chi connectivity index (χ1n) is 7.91. The molecule has 0 spiro atoms. The summed E-state index contributed by atoms with van der Waals surface area (Å²) in [6, 6.07) is 4.11. The number of carbonyl (C=O) groups is 3. The minimum Gasteiger partial charge on any atom is -0.478 e. The first-order valence-corrected chi connectivity index (χ1v) is 7.91. The van der Waals surface area contributed by atoms with Gasteiger partial charge in [0.2, 0.25) is 5.91 Å². The van der Waals surface area contributed by atoms with Crippen LogP contribution in [0.3, 0.4) is 0 Å². The van der Waals surface area contributed by atoms with Crippen molar-refractivity contribution in [3.63, 3.8) is 0 Å². The van der Waals surface area contributed by atoms with Crippen LogP contribution in [0.5, 0.6) is 0 Å². The highest BCUT2D eigenvalue weighted by molar-refractivity contribution is 6.30. The van der Waals surface area contributed by atoms with Crippen molar-refractivity contribution in [3.05, 3.63) is 34.9 Å². The number of carbonyl (C=O) groups excluding carboxylic acids is 1. The molecule has 2 rings (SSSR count). The molecule has 24 heavy (non-hydrogen) atoms. The number of rotatable bonds is 6. The third-order valence-corrected chi connectivity index (χ3v) is 4.14. The molecule has 1 saturated heterocycles. The molecular formula is C16H20BNO6. The van der Waals surface area contributed by atoms with Gasteiger partial charge in [-0.25, -0.2) is 9.59 Å². The number of amides is 1. The maximum atomic E-state index is 12.2. The van der Waals surface area contributed by atoms with Gasteiger partial charge in [0.25, 0.3) is 7.48 Å². The number of hydrogen-bond donors (Lipinski definition) is 3. The van der Waals surface area contributed by atoms with E-state index in [2.05, 4.69) is 5.32 Å². The number of aromatic carboxylic acids is 2. The molecule has 0 bridgehead atoms. The highest BCUT2D eigenvalue weighted by Crippen LogP contribution is 2.17.